The first-order valence-electron chi connectivity index (χ1n) is 16.7. The van der Waals surface area contributed by atoms with Crippen LogP contribution in [-0.4, -0.2) is 112 Å². The van der Waals surface area contributed by atoms with E-state index in [0.717, 1.165) is 12.1 Å². The summed E-state index contributed by atoms with van der Waals surface area (Å²) in [6.45, 7) is 5.56. The standard InChI is InChI=1S/C33H44F2N6O7/c1-17-11-26-33(47)48-19(3)27(38-28(42)23(36)14-20-12-21(34)15-22(35)13-20)32(46)40-10-6-8-25(40)31(45)39-9-5-4-7-24(39)29(43)37-18(2)30(44)41(26)16-17/h12-13,15,17-19,23-27H,4-11,14,16,36H2,1-3H3,(H,37,43)(H,38,42). The normalized spacial score (nSPS) is 31.1. The molecule has 4 fully saturated rings. The van der Waals surface area contributed by atoms with E-state index in [2.05, 4.69) is 10.6 Å². The number of ether oxygens (including phenoxy) is 1. The molecule has 8 atom stereocenters. The number of piperidine rings is 1. The molecule has 262 valence electrons. The van der Waals surface area contributed by atoms with Crippen molar-refractivity contribution in [2.24, 2.45) is 11.7 Å². The molecule has 5 rings (SSSR count). The highest BCUT2D eigenvalue weighted by atomic mass is 19.1. The van der Waals surface area contributed by atoms with Gasteiger partial charge in [0.1, 0.15) is 47.9 Å². The Morgan fingerprint density at radius 3 is 2.25 bits per heavy atom. The van der Waals surface area contributed by atoms with Crippen molar-refractivity contribution in [3.63, 3.8) is 0 Å². The molecule has 0 radical (unpaired) electrons. The summed E-state index contributed by atoms with van der Waals surface area (Å²) in [5.41, 5.74) is 6.25. The molecule has 5 amide bonds. The highest BCUT2D eigenvalue weighted by molar-refractivity contribution is 5.97. The van der Waals surface area contributed by atoms with Gasteiger partial charge in [-0.15, -0.1) is 0 Å². The number of fused-ring (bicyclic) bond motifs is 3. The van der Waals surface area contributed by atoms with Gasteiger partial charge in [-0.3, -0.25) is 24.0 Å². The third-order valence-corrected chi connectivity index (χ3v) is 9.75. The number of esters is 1. The molecule has 1 aromatic rings. The lowest BCUT2D eigenvalue weighted by Crippen LogP contribution is -2.62. The van der Waals surface area contributed by atoms with Crippen LogP contribution >= 0.6 is 0 Å². The second-order valence-electron chi connectivity index (χ2n) is 13.5. The second kappa shape index (κ2) is 14.5. The number of amides is 5. The Balaban J connectivity index is 1.47. The number of nitrogens with one attached hydrogen (secondary N) is 2. The molecular weight excluding hydrogens is 630 g/mol. The monoisotopic (exact) mass is 674 g/mol. The van der Waals surface area contributed by atoms with Crippen molar-refractivity contribution in [2.45, 2.75) is 108 Å². The average Bonchev–Trinajstić information content (AvgIpc) is 3.68. The fourth-order valence-corrected chi connectivity index (χ4v) is 7.30. The van der Waals surface area contributed by atoms with Crippen molar-refractivity contribution in [2.75, 3.05) is 19.6 Å². The van der Waals surface area contributed by atoms with E-state index in [-0.39, 0.29) is 37.4 Å². The Hall–Kier alpha value is -4.14. The minimum Gasteiger partial charge on any atom is -0.458 e. The van der Waals surface area contributed by atoms with E-state index < -0.39 is 89.5 Å². The van der Waals surface area contributed by atoms with E-state index in [1.165, 1.54) is 28.5 Å². The van der Waals surface area contributed by atoms with Crippen LogP contribution in [0.5, 0.6) is 0 Å². The van der Waals surface area contributed by atoms with Gasteiger partial charge < -0.3 is 35.8 Å². The SMILES string of the molecule is CC1CC2C(=O)OC(C)C(NC(=O)C(N)Cc3cc(F)cc(F)c3)C(=O)N3CCCC3C(=O)N3CCCCC3C(=O)NC(C)C(=O)N2C1. The Labute approximate surface area is 277 Å². The van der Waals surface area contributed by atoms with Gasteiger partial charge in [0.15, 0.2) is 0 Å². The van der Waals surface area contributed by atoms with Crippen LogP contribution in [0.15, 0.2) is 18.2 Å². The number of rotatable bonds is 4. The number of carbonyl (C=O) groups is 6. The third kappa shape index (κ3) is 7.45. The van der Waals surface area contributed by atoms with E-state index in [4.69, 9.17) is 10.5 Å². The summed E-state index contributed by atoms with van der Waals surface area (Å²) < 4.78 is 33.4. The van der Waals surface area contributed by atoms with Crippen LogP contribution in [0.1, 0.15) is 64.9 Å². The number of nitrogens with two attached hydrogens (primary N) is 1. The number of nitrogens with zero attached hydrogens (tertiary/aromatic N) is 3. The van der Waals surface area contributed by atoms with Crippen LogP contribution in [0.3, 0.4) is 0 Å². The molecule has 4 saturated heterocycles. The van der Waals surface area contributed by atoms with E-state index >= 15 is 0 Å². The molecule has 4 heterocycles. The summed E-state index contributed by atoms with van der Waals surface area (Å²) in [4.78, 5) is 86.6. The quantitative estimate of drug-likeness (QED) is 0.385. The van der Waals surface area contributed by atoms with Crippen molar-refractivity contribution in [1.29, 1.82) is 0 Å². The zero-order valence-corrected chi connectivity index (χ0v) is 27.5. The zero-order valence-electron chi connectivity index (χ0n) is 27.5. The zero-order chi connectivity index (χ0) is 34.9. The number of hydrogen-bond donors (Lipinski definition) is 3. The maximum Gasteiger partial charge on any atom is 0.329 e. The predicted octanol–water partition coefficient (Wildman–Crippen LogP) is 0.379. The van der Waals surface area contributed by atoms with E-state index in [9.17, 15) is 37.5 Å². The lowest BCUT2D eigenvalue weighted by atomic mass is 9.99. The molecule has 4 aliphatic rings. The minimum absolute atomic E-state index is 0.0635. The van der Waals surface area contributed by atoms with Crippen molar-refractivity contribution >= 4 is 35.5 Å². The summed E-state index contributed by atoms with van der Waals surface area (Å²) in [5.74, 6) is -5.44. The molecular formula is C33H44F2N6O7. The van der Waals surface area contributed by atoms with Crippen LogP contribution in [0.4, 0.5) is 8.78 Å². The van der Waals surface area contributed by atoms with Gasteiger partial charge in [-0.1, -0.05) is 6.92 Å². The van der Waals surface area contributed by atoms with Crippen LogP contribution in [0.25, 0.3) is 0 Å². The first-order valence-corrected chi connectivity index (χ1v) is 16.7. The van der Waals surface area contributed by atoms with Crippen molar-refractivity contribution in [1.82, 2.24) is 25.3 Å². The summed E-state index contributed by atoms with van der Waals surface area (Å²) >= 11 is 0. The van der Waals surface area contributed by atoms with Gasteiger partial charge in [-0.25, -0.2) is 13.6 Å². The lowest BCUT2D eigenvalue weighted by Gasteiger charge is -2.39. The molecule has 15 heteroatoms. The number of halogens is 2. The number of benzene rings is 1. The maximum absolute atomic E-state index is 14.3. The van der Waals surface area contributed by atoms with Gasteiger partial charge in [0, 0.05) is 25.7 Å². The maximum atomic E-state index is 14.3. The molecule has 0 aliphatic carbocycles. The molecule has 4 N–H and O–H groups in total. The van der Waals surface area contributed by atoms with E-state index in [1.54, 1.807) is 0 Å². The Bertz CT molecular complexity index is 1440. The van der Waals surface area contributed by atoms with Crippen molar-refractivity contribution in [3.8, 4) is 0 Å². The fourth-order valence-electron chi connectivity index (χ4n) is 7.30. The first kappa shape index (κ1) is 35.2. The fraction of sp³-hybridized carbons (Fsp3) is 0.636. The summed E-state index contributed by atoms with van der Waals surface area (Å²) in [6, 6.07) is -3.79. The van der Waals surface area contributed by atoms with Gasteiger partial charge in [0.25, 0.3) is 0 Å². The van der Waals surface area contributed by atoms with Crippen LogP contribution in [0, 0.1) is 17.6 Å². The van der Waals surface area contributed by atoms with Gasteiger partial charge in [-0.2, -0.15) is 0 Å². The molecule has 0 spiro atoms. The molecule has 48 heavy (non-hydrogen) atoms. The van der Waals surface area contributed by atoms with Crippen molar-refractivity contribution in [3.05, 3.63) is 35.4 Å². The smallest absolute Gasteiger partial charge is 0.329 e. The number of cyclic esters (lactones) is 1. The van der Waals surface area contributed by atoms with Gasteiger partial charge in [-0.05, 0) is 82.4 Å². The molecule has 0 bridgehead atoms. The number of hydrogen-bond acceptors (Lipinski definition) is 8. The number of carbonyl (C=O) groups excluding carboxylic acids is 6. The van der Waals surface area contributed by atoms with Crippen LogP contribution < -0.4 is 16.4 Å². The largest absolute Gasteiger partial charge is 0.458 e. The first-order chi connectivity index (χ1) is 22.7. The van der Waals surface area contributed by atoms with Crippen molar-refractivity contribution < 1.29 is 42.3 Å². The molecule has 0 aromatic heterocycles. The Kier molecular flexibility index (Phi) is 10.7. The third-order valence-electron chi connectivity index (χ3n) is 9.75. The van der Waals surface area contributed by atoms with Gasteiger partial charge in [0.2, 0.25) is 29.5 Å². The Morgan fingerprint density at radius 2 is 1.54 bits per heavy atom. The molecule has 1 aromatic carbocycles. The summed E-state index contributed by atoms with van der Waals surface area (Å²) in [6.07, 6.45) is 1.32. The second-order valence-corrected chi connectivity index (χ2v) is 13.5. The van der Waals surface area contributed by atoms with Gasteiger partial charge in [0.05, 0.1) is 6.04 Å². The van der Waals surface area contributed by atoms with Gasteiger partial charge >= 0.3 is 5.97 Å². The lowest BCUT2D eigenvalue weighted by molar-refractivity contribution is -0.163. The minimum atomic E-state index is -1.49. The van der Waals surface area contributed by atoms with Crippen LogP contribution in [0.2, 0.25) is 0 Å². The topological polar surface area (TPSA) is 171 Å². The Morgan fingerprint density at radius 1 is 0.896 bits per heavy atom. The highest BCUT2D eigenvalue weighted by Crippen LogP contribution is 2.28. The molecule has 4 aliphatic heterocycles. The average molecular weight is 675 g/mol. The molecule has 8 unspecified atom stereocenters. The van der Waals surface area contributed by atoms with E-state index in [0.29, 0.717) is 44.7 Å². The van der Waals surface area contributed by atoms with Crippen LogP contribution in [-0.2, 0) is 39.9 Å². The molecule has 0 saturated carbocycles. The summed E-state index contributed by atoms with van der Waals surface area (Å²) in [5, 5.41) is 5.33. The highest BCUT2D eigenvalue weighted by Gasteiger charge is 2.47. The summed E-state index contributed by atoms with van der Waals surface area (Å²) in [7, 11) is 0. The molecule has 13 nitrogen and oxygen atoms in total. The van der Waals surface area contributed by atoms with E-state index in [1.807, 2.05) is 6.92 Å². The predicted molar refractivity (Wildman–Crippen MR) is 166 cm³/mol.